The number of carboxylic acids is 1. The third-order valence-electron chi connectivity index (χ3n) is 1.62. The van der Waals surface area contributed by atoms with E-state index >= 15 is 0 Å². The fourth-order valence-corrected chi connectivity index (χ4v) is 0.955. The molecule has 0 unspecified atom stereocenters. The summed E-state index contributed by atoms with van der Waals surface area (Å²) in [7, 11) is 0. The maximum atomic E-state index is 10.4. The number of aliphatic carboxylic acids is 1. The topological polar surface area (TPSA) is 221 Å². The number of nitrogens with two attached hydrogens (primary N) is 1. The Hall–Kier alpha value is -0.550. The molecule has 0 spiro atoms. The van der Waals surface area contributed by atoms with E-state index in [1.807, 2.05) is 30.3 Å². The molecule has 0 aliphatic carbocycles. The van der Waals surface area contributed by atoms with Gasteiger partial charge in [-0.25, -0.2) is 0 Å². The van der Waals surface area contributed by atoms with Crippen molar-refractivity contribution < 1.29 is 37.3 Å². The second kappa shape index (κ2) is 18.8. The summed E-state index contributed by atoms with van der Waals surface area (Å²) >= 11 is 0. The van der Waals surface area contributed by atoms with Crippen LogP contribution in [0.5, 0.6) is 0 Å². The Kier molecular flexibility index (Phi) is 37.6. The van der Waals surface area contributed by atoms with Gasteiger partial charge in [0.1, 0.15) is 6.04 Å². The van der Waals surface area contributed by atoms with E-state index in [4.69, 9.17) is 10.8 Å². The summed E-state index contributed by atoms with van der Waals surface area (Å²) in [6.45, 7) is 0. The molecule has 1 atom stereocenters. The molecule has 8 nitrogen and oxygen atoms in total. The summed E-state index contributed by atoms with van der Waals surface area (Å²) in [6, 6.07) is 8.54. The number of benzene rings is 1. The van der Waals surface area contributed by atoms with Crippen molar-refractivity contribution in [1.82, 2.24) is 0 Å². The van der Waals surface area contributed by atoms with Crippen LogP contribution >= 0.6 is 0 Å². The minimum atomic E-state index is -0.959. The van der Waals surface area contributed by atoms with E-state index in [0.717, 1.165) is 5.56 Å². The first-order valence-electron chi connectivity index (χ1n) is 3.72. The van der Waals surface area contributed by atoms with Crippen molar-refractivity contribution in [3.8, 4) is 0 Å². The Bertz CT molecular complexity index is 273. The second-order valence-corrected chi connectivity index (χ2v) is 2.63. The van der Waals surface area contributed by atoms with Gasteiger partial charge < -0.3 is 38.2 Å². The second-order valence-electron chi connectivity index (χ2n) is 2.63. The Balaban J connectivity index is -0.0000000600. The van der Waals surface area contributed by atoms with Gasteiger partial charge in [-0.1, -0.05) is 30.3 Å². The van der Waals surface area contributed by atoms with Crippen LogP contribution in [0.2, 0.25) is 0 Å². The molecule has 0 amide bonds. The molecule has 1 aromatic carbocycles. The zero-order valence-corrected chi connectivity index (χ0v) is 9.10. The van der Waals surface area contributed by atoms with Crippen molar-refractivity contribution in [2.75, 3.05) is 0 Å². The van der Waals surface area contributed by atoms with Crippen LogP contribution in [-0.2, 0) is 11.2 Å². The molecule has 9 heteroatoms. The summed E-state index contributed by atoms with van der Waals surface area (Å²) < 4.78 is 0. The Morgan fingerprint density at radius 1 is 1.06 bits per heavy atom. The first-order chi connectivity index (χ1) is 5.70. The van der Waals surface area contributed by atoms with Crippen LogP contribution in [0.3, 0.4) is 0 Å². The van der Waals surface area contributed by atoms with Gasteiger partial charge in [0.15, 0.2) is 0 Å². The fraction of sp³-hybridized carbons (Fsp3) is 0.222. The summed E-state index contributed by atoms with van der Waals surface area (Å²) in [5, 5.41) is 8.52. The van der Waals surface area contributed by atoms with Crippen LogP contribution in [0.4, 0.5) is 0 Å². The van der Waals surface area contributed by atoms with Gasteiger partial charge in [-0.15, -0.1) is 0 Å². The Morgan fingerprint density at radius 3 is 1.78 bits per heavy atom. The molecule has 0 fully saturated rings. The van der Waals surface area contributed by atoms with Crippen molar-refractivity contribution in [2.45, 2.75) is 12.5 Å². The molecule has 0 saturated carbocycles. The normalized spacial score (nSPS) is 8.28. The van der Waals surface area contributed by atoms with E-state index in [0.29, 0.717) is 6.42 Å². The first kappa shape index (κ1) is 36.0. The predicted molar refractivity (Wildman–Crippen MR) is 71.0 cm³/mol. The molecule has 0 saturated heterocycles. The molecule has 13 N–H and O–H groups in total. The average molecular weight is 279 g/mol. The summed E-state index contributed by atoms with van der Waals surface area (Å²) in [4.78, 5) is 10.4. The minimum absolute atomic E-state index is 0. The summed E-state index contributed by atoms with van der Waals surface area (Å²) in [5.41, 5.74) is 6.30. The molecule has 0 aliphatic rings. The van der Waals surface area contributed by atoms with Crippen molar-refractivity contribution in [3.63, 3.8) is 0 Å². The van der Waals surface area contributed by atoms with Crippen LogP contribution < -0.4 is 5.73 Å². The quantitative estimate of drug-likeness (QED) is 0.526. The molecular weight excluding hydrogens is 257 g/mol. The predicted octanol–water partition coefficient (Wildman–Crippen LogP) is -4.13. The van der Waals surface area contributed by atoms with Gasteiger partial charge in [-0.05, 0) is 12.0 Å². The molecule has 0 aliphatic heterocycles. The molecule has 0 bridgehead atoms. The van der Waals surface area contributed by atoms with Gasteiger partial charge >= 0.3 is 35.5 Å². The Morgan fingerprint density at radius 2 is 1.44 bits per heavy atom. The number of hydrogen-bond donors (Lipinski definition) is 2. The molecule has 106 valence electrons. The van der Waals surface area contributed by atoms with Gasteiger partial charge in [0.05, 0.1) is 0 Å². The third kappa shape index (κ3) is 13.5. The standard InChI is InChI=1S/C9H11NO2.Na.5H2O.H/c10-8(9(11)12)6-7-4-2-1-3-5-7;;;;;;;/h1-5,8H,6,10H2,(H,11,12);;5*1H2;/t8-;;;;;;;/m0......./s1. The van der Waals surface area contributed by atoms with Gasteiger partial charge in [0.2, 0.25) is 0 Å². The molecular formula is C9H22NNaO7. The monoisotopic (exact) mass is 279 g/mol. The zero-order chi connectivity index (χ0) is 8.97. The molecule has 1 aromatic rings. The number of rotatable bonds is 3. The van der Waals surface area contributed by atoms with E-state index in [9.17, 15) is 4.79 Å². The van der Waals surface area contributed by atoms with E-state index in [1.165, 1.54) is 0 Å². The van der Waals surface area contributed by atoms with Crippen LogP contribution in [0, 0.1) is 0 Å². The summed E-state index contributed by atoms with van der Waals surface area (Å²) in [5.74, 6) is -0.959. The average Bonchev–Trinajstić information content (AvgIpc) is 2.06. The zero-order valence-electron chi connectivity index (χ0n) is 9.10. The van der Waals surface area contributed by atoms with Crippen LogP contribution in [0.25, 0.3) is 0 Å². The summed E-state index contributed by atoms with van der Waals surface area (Å²) in [6.07, 6.45) is 0.385. The van der Waals surface area contributed by atoms with Gasteiger partial charge in [0, 0.05) is 0 Å². The van der Waals surface area contributed by atoms with E-state index in [-0.39, 0.29) is 56.9 Å². The molecule has 0 heterocycles. The molecule has 1 rings (SSSR count). The number of hydrogen-bond acceptors (Lipinski definition) is 2. The van der Waals surface area contributed by atoms with Gasteiger partial charge in [-0.2, -0.15) is 0 Å². The van der Waals surface area contributed by atoms with Gasteiger partial charge in [-0.3, -0.25) is 4.79 Å². The fourth-order valence-electron chi connectivity index (χ4n) is 0.955. The van der Waals surface area contributed by atoms with Crippen LogP contribution in [0.15, 0.2) is 30.3 Å². The van der Waals surface area contributed by atoms with E-state index in [1.54, 1.807) is 0 Å². The van der Waals surface area contributed by atoms with Crippen molar-refractivity contribution in [1.29, 1.82) is 0 Å². The molecule has 0 aromatic heterocycles. The maximum absolute atomic E-state index is 10.4. The van der Waals surface area contributed by atoms with Gasteiger partial charge in [0.25, 0.3) is 0 Å². The van der Waals surface area contributed by atoms with E-state index < -0.39 is 12.0 Å². The SMILES string of the molecule is N[C@@H](Cc1ccccc1)C(=O)O.O.O.O.O.O.[NaH]. The Labute approximate surface area is 127 Å². The molecule has 0 radical (unpaired) electrons. The number of carbonyl (C=O) groups is 1. The van der Waals surface area contributed by atoms with Crippen molar-refractivity contribution in [2.24, 2.45) is 5.73 Å². The number of carboxylic acid groups (broad SMARTS) is 1. The third-order valence-corrected chi connectivity index (χ3v) is 1.62. The van der Waals surface area contributed by atoms with Crippen LogP contribution in [0.1, 0.15) is 5.56 Å². The molecule has 18 heavy (non-hydrogen) atoms. The first-order valence-corrected chi connectivity index (χ1v) is 3.72. The van der Waals surface area contributed by atoms with Crippen molar-refractivity contribution >= 4 is 35.5 Å². The van der Waals surface area contributed by atoms with E-state index in [2.05, 4.69) is 0 Å². The van der Waals surface area contributed by atoms with Crippen molar-refractivity contribution in [3.05, 3.63) is 35.9 Å². The van der Waals surface area contributed by atoms with Crippen LogP contribution in [-0.4, -0.2) is 74.1 Å².